The lowest BCUT2D eigenvalue weighted by molar-refractivity contribution is -0.122. The van der Waals surface area contributed by atoms with Crippen LogP contribution in [0.15, 0.2) is 36.9 Å². The molecule has 4 rings (SSSR count). The lowest BCUT2D eigenvalue weighted by Gasteiger charge is -2.48. The molecular formula is C17H20N6O2S. The highest BCUT2D eigenvalue weighted by Gasteiger charge is 2.48. The summed E-state index contributed by atoms with van der Waals surface area (Å²) in [6.45, 7) is 2.86. The summed E-state index contributed by atoms with van der Waals surface area (Å²) in [5, 5.41) is 5.52. The molecule has 1 aliphatic heterocycles. The molecule has 26 heavy (non-hydrogen) atoms. The number of amides is 1. The first-order valence-electron chi connectivity index (χ1n) is 8.42. The van der Waals surface area contributed by atoms with Gasteiger partial charge >= 0.3 is 0 Å². The average molecular weight is 372 g/mol. The van der Waals surface area contributed by atoms with Gasteiger partial charge in [0.1, 0.15) is 5.65 Å². The Labute approximate surface area is 153 Å². The molecule has 3 N–H and O–H groups in total. The molecule has 1 unspecified atom stereocenters. The maximum absolute atomic E-state index is 12.0. The lowest BCUT2D eigenvalue weighted by Crippen LogP contribution is -2.64. The van der Waals surface area contributed by atoms with E-state index in [0.29, 0.717) is 18.8 Å². The summed E-state index contributed by atoms with van der Waals surface area (Å²) in [6.07, 6.45) is 7.48. The molecule has 136 valence electrons. The second-order valence-corrected chi connectivity index (χ2v) is 8.28. The first-order chi connectivity index (χ1) is 12.5. The second kappa shape index (κ2) is 6.33. The molecule has 0 aromatic carbocycles. The molecule has 0 bridgehead atoms. The van der Waals surface area contributed by atoms with Crippen LogP contribution in [-0.2, 0) is 21.3 Å². The zero-order valence-corrected chi connectivity index (χ0v) is 15.2. The molecule has 1 fully saturated rings. The summed E-state index contributed by atoms with van der Waals surface area (Å²) in [6, 6.07) is 3.92. The van der Waals surface area contributed by atoms with Gasteiger partial charge in [0.2, 0.25) is 5.91 Å². The summed E-state index contributed by atoms with van der Waals surface area (Å²) < 4.78 is 15.7. The first kappa shape index (κ1) is 16.9. The largest absolute Gasteiger partial charge is 0.370 e. The van der Waals surface area contributed by atoms with E-state index in [4.69, 9.17) is 5.73 Å². The number of hydrogen-bond donors (Lipinski definition) is 2. The minimum Gasteiger partial charge on any atom is -0.370 e. The number of nitrogens with zero attached hydrogens (tertiary/aromatic N) is 4. The normalized spacial score (nSPS) is 17.9. The van der Waals surface area contributed by atoms with Gasteiger partial charge in [0.15, 0.2) is 0 Å². The van der Waals surface area contributed by atoms with Gasteiger partial charge in [-0.25, -0.2) is 13.5 Å². The summed E-state index contributed by atoms with van der Waals surface area (Å²) in [7, 11) is -1.03. The first-order valence-corrected chi connectivity index (χ1v) is 9.69. The standard InChI is InChI=1S/C17H20N6O2S/c1-2-26(25)22-10-17(11-22,7-15(18)24)23-9-12(8-21-23)13-3-5-19-16-14(13)4-6-20-16/h3-6,8-9H,2,7,10-11H2,1H3,(H2,18,24)(H,19,20). The van der Waals surface area contributed by atoms with Crippen LogP contribution in [-0.4, -0.2) is 53.0 Å². The fraction of sp³-hybridized carbons (Fsp3) is 0.353. The summed E-state index contributed by atoms with van der Waals surface area (Å²) in [5.41, 5.74) is 7.70. The van der Waals surface area contributed by atoms with Crippen molar-refractivity contribution in [1.29, 1.82) is 0 Å². The number of aromatic nitrogens is 4. The zero-order chi connectivity index (χ0) is 18.3. The summed E-state index contributed by atoms with van der Waals surface area (Å²) in [4.78, 5) is 19.0. The van der Waals surface area contributed by atoms with E-state index in [2.05, 4.69) is 15.1 Å². The van der Waals surface area contributed by atoms with Crippen molar-refractivity contribution in [3.8, 4) is 11.1 Å². The Balaban J connectivity index is 1.68. The number of carbonyl (C=O) groups is 1. The fourth-order valence-corrected chi connectivity index (χ4v) is 4.67. The Hall–Kier alpha value is -2.52. The number of nitrogens with two attached hydrogens (primary N) is 1. The Bertz CT molecular complexity index is 988. The molecule has 1 saturated heterocycles. The van der Waals surface area contributed by atoms with Crippen molar-refractivity contribution >= 4 is 27.9 Å². The number of nitrogens with one attached hydrogen (secondary N) is 1. The predicted octanol–water partition coefficient (Wildman–Crippen LogP) is 0.996. The molecular weight excluding hydrogens is 352 g/mol. The van der Waals surface area contributed by atoms with E-state index in [1.54, 1.807) is 17.1 Å². The van der Waals surface area contributed by atoms with Crippen LogP contribution in [0, 0.1) is 0 Å². The Kier molecular flexibility index (Phi) is 4.12. The van der Waals surface area contributed by atoms with E-state index in [1.807, 2.05) is 35.8 Å². The van der Waals surface area contributed by atoms with Gasteiger partial charge in [0.05, 0.1) is 29.1 Å². The Morgan fingerprint density at radius 2 is 2.23 bits per heavy atom. The average Bonchev–Trinajstić information content (AvgIpc) is 3.25. The van der Waals surface area contributed by atoms with Crippen LogP contribution in [0.3, 0.4) is 0 Å². The number of primary amides is 1. The lowest BCUT2D eigenvalue weighted by atomic mass is 9.88. The van der Waals surface area contributed by atoms with Gasteiger partial charge in [-0.2, -0.15) is 5.10 Å². The van der Waals surface area contributed by atoms with E-state index in [-0.39, 0.29) is 12.3 Å². The molecule has 1 aliphatic rings. The van der Waals surface area contributed by atoms with Crippen LogP contribution in [0.25, 0.3) is 22.2 Å². The second-order valence-electron chi connectivity index (χ2n) is 6.55. The minimum absolute atomic E-state index is 0.168. The smallest absolute Gasteiger partial charge is 0.219 e. The fourth-order valence-electron chi connectivity index (χ4n) is 3.53. The van der Waals surface area contributed by atoms with Crippen LogP contribution in [0.4, 0.5) is 0 Å². The molecule has 8 nitrogen and oxygen atoms in total. The molecule has 0 saturated carbocycles. The molecule has 9 heteroatoms. The highest BCUT2D eigenvalue weighted by Crippen LogP contribution is 2.35. The molecule has 1 amide bonds. The van der Waals surface area contributed by atoms with Crippen LogP contribution >= 0.6 is 0 Å². The highest BCUT2D eigenvalue weighted by molar-refractivity contribution is 7.82. The predicted molar refractivity (Wildman–Crippen MR) is 99.4 cm³/mol. The van der Waals surface area contributed by atoms with E-state index in [1.165, 1.54) is 0 Å². The van der Waals surface area contributed by atoms with Crippen molar-refractivity contribution in [2.24, 2.45) is 5.73 Å². The number of hydrogen-bond acceptors (Lipinski definition) is 4. The molecule has 3 aromatic heterocycles. The quantitative estimate of drug-likeness (QED) is 0.672. The monoisotopic (exact) mass is 372 g/mol. The van der Waals surface area contributed by atoms with Crippen molar-refractivity contribution in [2.45, 2.75) is 18.9 Å². The maximum atomic E-state index is 12.0. The van der Waals surface area contributed by atoms with Gasteiger partial charge < -0.3 is 10.7 Å². The minimum atomic E-state index is -1.03. The van der Waals surface area contributed by atoms with Gasteiger partial charge in [-0.3, -0.25) is 9.48 Å². The number of aromatic amines is 1. The van der Waals surface area contributed by atoms with Crippen LogP contribution in [0.2, 0.25) is 0 Å². The number of carbonyl (C=O) groups excluding carboxylic acids is 1. The van der Waals surface area contributed by atoms with Gasteiger partial charge in [0.25, 0.3) is 0 Å². The third-order valence-corrected chi connectivity index (χ3v) is 6.15. The van der Waals surface area contributed by atoms with E-state index in [9.17, 15) is 9.00 Å². The summed E-state index contributed by atoms with van der Waals surface area (Å²) in [5.74, 6) is 0.167. The Morgan fingerprint density at radius 1 is 1.42 bits per heavy atom. The molecule has 0 aliphatic carbocycles. The number of H-pyrrole nitrogens is 1. The molecule has 3 aromatic rings. The summed E-state index contributed by atoms with van der Waals surface area (Å²) >= 11 is 0. The third-order valence-electron chi connectivity index (χ3n) is 4.82. The van der Waals surface area contributed by atoms with Crippen molar-refractivity contribution in [2.75, 3.05) is 18.8 Å². The van der Waals surface area contributed by atoms with Crippen molar-refractivity contribution in [3.63, 3.8) is 0 Å². The van der Waals surface area contributed by atoms with E-state index >= 15 is 0 Å². The molecule has 0 spiro atoms. The van der Waals surface area contributed by atoms with Crippen molar-refractivity contribution < 1.29 is 9.00 Å². The van der Waals surface area contributed by atoms with Crippen LogP contribution in [0.5, 0.6) is 0 Å². The van der Waals surface area contributed by atoms with E-state index < -0.39 is 16.5 Å². The van der Waals surface area contributed by atoms with Crippen molar-refractivity contribution in [3.05, 3.63) is 36.9 Å². The van der Waals surface area contributed by atoms with Crippen LogP contribution < -0.4 is 5.73 Å². The van der Waals surface area contributed by atoms with E-state index in [0.717, 1.165) is 22.2 Å². The Morgan fingerprint density at radius 3 is 2.96 bits per heavy atom. The molecule has 4 heterocycles. The molecule has 1 atom stereocenters. The topological polar surface area (TPSA) is 110 Å². The SMILES string of the molecule is CCS(=O)N1CC(CC(N)=O)(n2cc(-c3ccnc4[nH]ccc34)cn2)C1. The van der Waals surface area contributed by atoms with Gasteiger partial charge in [-0.15, -0.1) is 0 Å². The zero-order valence-electron chi connectivity index (χ0n) is 14.4. The highest BCUT2D eigenvalue weighted by atomic mass is 32.2. The third kappa shape index (κ3) is 2.73. The van der Waals surface area contributed by atoms with Crippen molar-refractivity contribution in [1.82, 2.24) is 24.1 Å². The number of fused-ring (bicyclic) bond motifs is 1. The van der Waals surface area contributed by atoms with Gasteiger partial charge in [0, 0.05) is 48.4 Å². The van der Waals surface area contributed by atoms with Gasteiger partial charge in [-0.1, -0.05) is 6.92 Å². The maximum Gasteiger partial charge on any atom is 0.219 e. The number of rotatable bonds is 6. The van der Waals surface area contributed by atoms with Crippen LogP contribution in [0.1, 0.15) is 13.3 Å². The van der Waals surface area contributed by atoms with Gasteiger partial charge in [-0.05, 0) is 17.7 Å². The molecule has 0 radical (unpaired) electrons. The number of pyridine rings is 1.